The van der Waals surface area contributed by atoms with Crippen LogP contribution in [0, 0.1) is 0 Å². The summed E-state index contributed by atoms with van der Waals surface area (Å²) in [5, 5.41) is 44.3. The first-order valence-electron chi connectivity index (χ1n) is 13.6. The molecule has 43 heavy (non-hydrogen) atoms. The van der Waals surface area contributed by atoms with Gasteiger partial charge in [0.05, 0.1) is 19.3 Å². The summed E-state index contributed by atoms with van der Waals surface area (Å²) in [4.78, 5) is 37.7. The van der Waals surface area contributed by atoms with Crippen molar-refractivity contribution in [2.45, 2.75) is 68.5 Å². The third-order valence-corrected chi connectivity index (χ3v) is 7.17. The van der Waals surface area contributed by atoms with E-state index in [1.54, 1.807) is 29.1 Å². The molecule has 4 rings (SSSR count). The van der Waals surface area contributed by atoms with Crippen molar-refractivity contribution >= 4 is 17.7 Å². The van der Waals surface area contributed by atoms with E-state index in [2.05, 4.69) is 16.2 Å². The van der Waals surface area contributed by atoms with Gasteiger partial charge in [-0.1, -0.05) is 30.3 Å². The fourth-order valence-corrected chi connectivity index (χ4v) is 4.98. The number of nitrogens with zero attached hydrogens (tertiary/aromatic N) is 1. The lowest BCUT2D eigenvalue weighted by Gasteiger charge is -2.45. The topological polar surface area (TPSA) is 209 Å². The predicted octanol–water partition coefficient (Wildman–Crippen LogP) is -3.11. The summed E-state index contributed by atoms with van der Waals surface area (Å²) in [6.45, 7) is 1.06. The summed E-state index contributed by atoms with van der Waals surface area (Å²) in [7, 11) is 1.19. The quantitative estimate of drug-likeness (QED) is 0.112. The Morgan fingerprint density at radius 1 is 1.00 bits per heavy atom. The summed E-state index contributed by atoms with van der Waals surface area (Å²) in [5.74, 6) is -2.02. The van der Waals surface area contributed by atoms with E-state index in [-0.39, 0.29) is 12.2 Å². The molecule has 2 aromatic rings. The number of carbonyl (C=O) groups excluding carboxylic acids is 3. The van der Waals surface area contributed by atoms with Gasteiger partial charge >= 0.3 is 0 Å². The van der Waals surface area contributed by atoms with Crippen molar-refractivity contribution in [1.82, 2.24) is 16.2 Å². The lowest BCUT2D eigenvalue weighted by atomic mass is 9.96. The Hall–Kier alpha value is -3.54. The molecule has 1 aromatic heterocycles. The van der Waals surface area contributed by atoms with E-state index in [0.717, 1.165) is 5.56 Å². The predicted molar refractivity (Wildman–Crippen MR) is 145 cm³/mol. The van der Waals surface area contributed by atoms with Crippen molar-refractivity contribution < 1.29 is 58.3 Å². The van der Waals surface area contributed by atoms with Crippen LogP contribution in [0.1, 0.15) is 22.8 Å². The first kappa shape index (κ1) is 32.4. The third kappa shape index (κ3) is 7.90. The minimum atomic E-state index is -1.74. The maximum atomic E-state index is 13.1. The van der Waals surface area contributed by atoms with Crippen molar-refractivity contribution in [2.24, 2.45) is 0 Å². The Morgan fingerprint density at radius 2 is 1.74 bits per heavy atom. The summed E-state index contributed by atoms with van der Waals surface area (Å²) < 4.78 is 23.9. The van der Waals surface area contributed by atoms with Crippen molar-refractivity contribution in [3.8, 4) is 0 Å². The molecule has 15 heteroatoms. The molecule has 2 saturated heterocycles. The number of rotatable bonds is 9. The Bertz CT molecular complexity index is 1250. The zero-order chi connectivity index (χ0) is 31.1. The molecule has 234 valence electrons. The molecule has 2 fully saturated rings. The van der Waals surface area contributed by atoms with Gasteiger partial charge in [-0.2, -0.15) is 4.57 Å². The van der Waals surface area contributed by atoms with Crippen LogP contribution < -0.4 is 20.7 Å². The van der Waals surface area contributed by atoms with E-state index in [1.165, 1.54) is 14.0 Å². The minimum absolute atomic E-state index is 0.140. The monoisotopic (exact) mass is 605 g/mol. The highest BCUT2D eigenvalue weighted by Crippen LogP contribution is 2.28. The Morgan fingerprint density at radius 3 is 2.42 bits per heavy atom. The number of hydrazine groups is 1. The van der Waals surface area contributed by atoms with Crippen LogP contribution in [0.5, 0.6) is 0 Å². The molecule has 0 spiro atoms. The summed E-state index contributed by atoms with van der Waals surface area (Å²) in [5.41, 5.74) is 5.82. The molecule has 2 aliphatic rings. The standard InChI is InChI=1S/C28H36N4O11/c1-15(34)29-18-14-41-19(13-33)20(35)23(18)42-28-22(37)21(36)24(40-2)25(43-28)27(39)31-30-26(38)17-9-6-10-32(12-17)11-16-7-4-3-5-8-16/h3-10,12,18-25,28,33,35-37H,11,13-14H2,1-2H3,(H2-,29,30,31,34,38,39)/p+1/t18-,19+,20+,21+,22+,23+,24-,25-,28+/m0/s1. The number of amides is 3. The van der Waals surface area contributed by atoms with E-state index < -0.39 is 79.4 Å². The van der Waals surface area contributed by atoms with Crippen molar-refractivity contribution in [3.63, 3.8) is 0 Å². The first-order valence-corrected chi connectivity index (χ1v) is 13.6. The van der Waals surface area contributed by atoms with Gasteiger partial charge in [-0.15, -0.1) is 0 Å². The molecule has 0 radical (unpaired) electrons. The maximum Gasteiger partial charge on any atom is 0.275 e. The second kappa shape index (κ2) is 14.8. The normalized spacial score (nSPS) is 30.7. The van der Waals surface area contributed by atoms with Crippen LogP contribution in [-0.2, 0) is 35.1 Å². The molecule has 7 N–H and O–H groups in total. The van der Waals surface area contributed by atoms with Crippen molar-refractivity contribution in [3.05, 3.63) is 66.0 Å². The number of hydrogen-bond acceptors (Lipinski definition) is 11. The molecule has 0 aliphatic carbocycles. The van der Waals surface area contributed by atoms with Gasteiger partial charge in [0.15, 0.2) is 31.3 Å². The van der Waals surface area contributed by atoms with Crippen LogP contribution in [0.3, 0.4) is 0 Å². The van der Waals surface area contributed by atoms with Crippen LogP contribution in [-0.4, -0.2) is 114 Å². The summed E-state index contributed by atoms with van der Waals surface area (Å²) in [6.07, 6.45) is -8.46. The molecule has 3 heterocycles. The van der Waals surface area contributed by atoms with E-state index in [1.807, 2.05) is 30.3 Å². The molecule has 1 aromatic carbocycles. The number of benzene rings is 1. The van der Waals surface area contributed by atoms with E-state index >= 15 is 0 Å². The first-order chi connectivity index (χ1) is 20.6. The van der Waals surface area contributed by atoms with Crippen LogP contribution in [0.15, 0.2) is 54.9 Å². The highest BCUT2D eigenvalue weighted by molar-refractivity contribution is 5.95. The SMILES string of the molecule is CO[C@H]1[C@H](O)[C@@H](O)[C@H](O[C@H]2[C@H](O)[C@@H](CO)OC[C@@H]2NC(C)=O)O[C@@H]1C(=O)NNC(=O)c1ccc[n+](Cc2ccccc2)c1. The van der Waals surface area contributed by atoms with Gasteiger partial charge in [-0.05, 0) is 6.07 Å². The average Bonchev–Trinajstić information content (AvgIpc) is 3.00. The second-order valence-electron chi connectivity index (χ2n) is 10.3. The molecule has 9 atom stereocenters. The van der Waals surface area contributed by atoms with Crippen LogP contribution >= 0.6 is 0 Å². The number of carbonyl (C=O) groups is 3. The number of aliphatic hydroxyl groups excluding tert-OH is 4. The Kier molecular flexibility index (Phi) is 11.1. The maximum absolute atomic E-state index is 13.1. The number of aliphatic hydroxyl groups is 4. The fourth-order valence-electron chi connectivity index (χ4n) is 4.98. The molecule has 0 unspecified atom stereocenters. The number of nitrogens with one attached hydrogen (secondary N) is 3. The van der Waals surface area contributed by atoms with E-state index in [9.17, 15) is 34.8 Å². The van der Waals surface area contributed by atoms with Gasteiger partial charge in [-0.3, -0.25) is 25.2 Å². The van der Waals surface area contributed by atoms with Crippen LogP contribution in [0.25, 0.3) is 0 Å². The number of pyridine rings is 1. The smallest absolute Gasteiger partial charge is 0.275 e. The lowest BCUT2D eigenvalue weighted by Crippen LogP contribution is -2.67. The van der Waals surface area contributed by atoms with Gasteiger partial charge in [0.25, 0.3) is 11.8 Å². The molecule has 2 aliphatic heterocycles. The number of hydrogen-bond donors (Lipinski definition) is 7. The van der Waals surface area contributed by atoms with E-state index in [0.29, 0.717) is 6.54 Å². The van der Waals surface area contributed by atoms with Crippen LogP contribution in [0.4, 0.5) is 0 Å². The highest BCUT2D eigenvalue weighted by Gasteiger charge is 2.51. The number of ether oxygens (including phenoxy) is 4. The number of aromatic nitrogens is 1. The summed E-state index contributed by atoms with van der Waals surface area (Å²) in [6, 6.07) is 12.0. The minimum Gasteiger partial charge on any atom is -0.394 e. The highest BCUT2D eigenvalue weighted by atomic mass is 16.7. The molecular weight excluding hydrogens is 568 g/mol. The van der Waals surface area contributed by atoms with Crippen LogP contribution in [0.2, 0.25) is 0 Å². The average molecular weight is 606 g/mol. The van der Waals surface area contributed by atoms with Crippen molar-refractivity contribution in [2.75, 3.05) is 20.3 Å². The van der Waals surface area contributed by atoms with Gasteiger partial charge < -0.3 is 44.7 Å². The molecule has 0 bridgehead atoms. The largest absolute Gasteiger partial charge is 0.394 e. The van der Waals surface area contributed by atoms with E-state index in [4.69, 9.17) is 18.9 Å². The fraction of sp³-hybridized carbons (Fsp3) is 0.500. The molecule has 15 nitrogen and oxygen atoms in total. The van der Waals surface area contributed by atoms with Gasteiger partial charge in [-0.25, -0.2) is 0 Å². The molecule has 3 amide bonds. The lowest BCUT2D eigenvalue weighted by molar-refractivity contribution is -0.688. The molecule has 0 saturated carbocycles. The third-order valence-electron chi connectivity index (χ3n) is 7.17. The van der Waals surface area contributed by atoms with Gasteiger partial charge in [0.2, 0.25) is 5.91 Å². The van der Waals surface area contributed by atoms with Crippen molar-refractivity contribution in [1.29, 1.82) is 0 Å². The summed E-state index contributed by atoms with van der Waals surface area (Å²) >= 11 is 0. The molecular formula is C28H37N4O11+. The zero-order valence-electron chi connectivity index (χ0n) is 23.6. The Labute approximate surface area is 247 Å². The number of methoxy groups -OCH3 is 1. The van der Waals surface area contributed by atoms with Gasteiger partial charge in [0.1, 0.15) is 42.2 Å². The Balaban J connectivity index is 1.43. The zero-order valence-corrected chi connectivity index (χ0v) is 23.6. The van der Waals surface area contributed by atoms with Gasteiger partial charge in [0, 0.05) is 25.7 Å². The second-order valence-corrected chi connectivity index (χ2v) is 10.3.